The SMILES string of the molecule is Oc1ccc(-c2nnc(CNc3ccc4c(c3)OCO4)o2)cc1. The lowest BCUT2D eigenvalue weighted by atomic mass is 10.2. The van der Waals surface area contributed by atoms with E-state index >= 15 is 0 Å². The van der Waals surface area contributed by atoms with Crippen molar-refractivity contribution in [2.45, 2.75) is 6.54 Å². The molecule has 0 radical (unpaired) electrons. The number of rotatable bonds is 4. The first-order valence-corrected chi connectivity index (χ1v) is 7.03. The van der Waals surface area contributed by atoms with Gasteiger partial charge in [-0.25, -0.2) is 0 Å². The van der Waals surface area contributed by atoms with E-state index in [1.165, 1.54) is 0 Å². The molecule has 2 heterocycles. The molecule has 7 heteroatoms. The second-order valence-corrected chi connectivity index (χ2v) is 4.97. The molecule has 23 heavy (non-hydrogen) atoms. The Bertz CT molecular complexity index is 830. The molecule has 0 bridgehead atoms. The lowest BCUT2D eigenvalue weighted by Crippen LogP contribution is -1.99. The van der Waals surface area contributed by atoms with E-state index in [1.807, 2.05) is 18.2 Å². The molecule has 0 atom stereocenters. The van der Waals surface area contributed by atoms with Gasteiger partial charge in [0.25, 0.3) is 0 Å². The molecule has 0 unspecified atom stereocenters. The van der Waals surface area contributed by atoms with Crippen molar-refractivity contribution >= 4 is 5.69 Å². The van der Waals surface area contributed by atoms with E-state index in [2.05, 4.69) is 15.5 Å². The van der Waals surface area contributed by atoms with E-state index in [0.717, 1.165) is 17.0 Å². The molecule has 2 aromatic carbocycles. The number of anilines is 1. The van der Waals surface area contributed by atoms with Crippen LogP contribution < -0.4 is 14.8 Å². The minimum atomic E-state index is 0.193. The molecule has 1 aromatic heterocycles. The first-order chi connectivity index (χ1) is 11.3. The number of phenolic OH excluding ortho intramolecular Hbond substituents is 1. The molecule has 3 aromatic rings. The van der Waals surface area contributed by atoms with Gasteiger partial charge in [-0.2, -0.15) is 0 Å². The van der Waals surface area contributed by atoms with Gasteiger partial charge < -0.3 is 24.3 Å². The Morgan fingerprint density at radius 1 is 1.00 bits per heavy atom. The number of aromatic hydroxyl groups is 1. The number of nitrogens with zero attached hydrogens (tertiary/aromatic N) is 2. The van der Waals surface area contributed by atoms with Crippen LogP contribution in [0.2, 0.25) is 0 Å². The monoisotopic (exact) mass is 311 g/mol. The van der Waals surface area contributed by atoms with Crippen molar-refractivity contribution in [2.75, 3.05) is 12.1 Å². The third-order valence-electron chi connectivity index (χ3n) is 3.40. The zero-order chi connectivity index (χ0) is 15.6. The van der Waals surface area contributed by atoms with Crippen molar-refractivity contribution in [2.24, 2.45) is 0 Å². The quantitative estimate of drug-likeness (QED) is 0.765. The largest absolute Gasteiger partial charge is 0.508 e. The summed E-state index contributed by atoms with van der Waals surface area (Å²) in [7, 11) is 0. The fourth-order valence-corrected chi connectivity index (χ4v) is 2.23. The highest BCUT2D eigenvalue weighted by molar-refractivity contribution is 5.56. The molecule has 2 N–H and O–H groups in total. The molecule has 7 nitrogen and oxygen atoms in total. The van der Waals surface area contributed by atoms with Gasteiger partial charge in [0.05, 0.1) is 6.54 Å². The summed E-state index contributed by atoms with van der Waals surface area (Å²) in [6.07, 6.45) is 0. The summed E-state index contributed by atoms with van der Waals surface area (Å²) in [4.78, 5) is 0. The molecular weight excluding hydrogens is 298 g/mol. The normalized spacial score (nSPS) is 12.3. The Labute approximate surface area is 131 Å². The van der Waals surface area contributed by atoms with E-state index in [9.17, 15) is 5.11 Å². The minimum Gasteiger partial charge on any atom is -0.508 e. The van der Waals surface area contributed by atoms with Crippen LogP contribution in [-0.4, -0.2) is 22.1 Å². The van der Waals surface area contributed by atoms with Crippen molar-refractivity contribution in [3.8, 4) is 28.7 Å². The molecule has 1 aliphatic heterocycles. The fourth-order valence-electron chi connectivity index (χ4n) is 2.23. The first kappa shape index (κ1) is 13.4. The number of fused-ring (bicyclic) bond motifs is 1. The van der Waals surface area contributed by atoms with Crippen LogP contribution in [-0.2, 0) is 6.54 Å². The molecule has 0 fully saturated rings. The Balaban J connectivity index is 1.44. The summed E-state index contributed by atoms with van der Waals surface area (Å²) >= 11 is 0. The van der Waals surface area contributed by atoms with Gasteiger partial charge in [-0.3, -0.25) is 0 Å². The molecule has 116 valence electrons. The van der Waals surface area contributed by atoms with Crippen LogP contribution >= 0.6 is 0 Å². The van der Waals surface area contributed by atoms with Gasteiger partial charge in [0.15, 0.2) is 11.5 Å². The third kappa shape index (κ3) is 2.76. The van der Waals surface area contributed by atoms with Gasteiger partial charge in [-0.1, -0.05) is 0 Å². The molecular formula is C16H13N3O4. The van der Waals surface area contributed by atoms with Crippen LogP contribution in [0.3, 0.4) is 0 Å². The van der Waals surface area contributed by atoms with Gasteiger partial charge in [-0.15, -0.1) is 10.2 Å². The predicted octanol–water partition coefficient (Wildman–Crippen LogP) is 2.78. The Morgan fingerprint density at radius 3 is 2.70 bits per heavy atom. The zero-order valence-corrected chi connectivity index (χ0v) is 12.0. The first-order valence-electron chi connectivity index (χ1n) is 7.03. The van der Waals surface area contributed by atoms with Crippen LogP contribution in [0.5, 0.6) is 17.2 Å². The smallest absolute Gasteiger partial charge is 0.247 e. The maximum absolute atomic E-state index is 9.29. The van der Waals surface area contributed by atoms with Crippen molar-refractivity contribution in [1.82, 2.24) is 10.2 Å². The molecule has 0 saturated carbocycles. The van der Waals surface area contributed by atoms with Crippen LogP contribution in [0.4, 0.5) is 5.69 Å². The topological polar surface area (TPSA) is 89.6 Å². The minimum absolute atomic E-state index is 0.193. The number of aromatic nitrogens is 2. The summed E-state index contributed by atoms with van der Waals surface area (Å²) in [5.74, 6) is 2.52. The van der Waals surface area contributed by atoms with E-state index in [1.54, 1.807) is 24.3 Å². The number of hydrogen-bond acceptors (Lipinski definition) is 7. The van der Waals surface area contributed by atoms with Crippen molar-refractivity contribution in [1.29, 1.82) is 0 Å². The molecule has 0 saturated heterocycles. The highest BCUT2D eigenvalue weighted by Gasteiger charge is 2.14. The zero-order valence-electron chi connectivity index (χ0n) is 12.0. The Hall–Kier alpha value is -3.22. The second kappa shape index (κ2) is 5.53. The van der Waals surface area contributed by atoms with Crippen LogP contribution in [0, 0.1) is 0 Å². The predicted molar refractivity (Wildman–Crippen MR) is 81.3 cm³/mol. The maximum atomic E-state index is 9.29. The van der Waals surface area contributed by atoms with Gasteiger partial charge in [0.1, 0.15) is 5.75 Å². The summed E-state index contributed by atoms with van der Waals surface area (Å²) in [5.41, 5.74) is 1.63. The van der Waals surface area contributed by atoms with Crippen LogP contribution in [0.25, 0.3) is 11.5 Å². The summed E-state index contributed by atoms with van der Waals surface area (Å²) in [5, 5.41) is 20.5. The number of hydrogen-bond donors (Lipinski definition) is 2. The second-order valence-electron chi connectivity index (χ2n) is 4.97. The van der Waals surface area contributed by atoms with E-state index in [-0.39, 0.29) is 12.5 Å². The maximum Gasteiger partial charge on any atom is 0.247 e. The average Bonchev–Trinajstić information content (AvgIpc) is 3.22. The molecule has 0 aliphatic carbocycles. The fraction of sp³-hybridized carbons (Fsp3) is 0.125. The highest BCUT2D eigenvalue weighted by atomic mass is 16.7. The number of phenols is 1. The van der Waals surface area contributed by atoms with Crippen LogP contribution in [0.15, 0.2) is 46.9 Å². The summed E-state index contributed by atoms with van der Waals surface area (Å²) < 4.78 is 16.2. The average molecular weight is 311 g/mol. The highest BCUT2D eigenvalue weighted by Crippen LogP contribution is 2.34. The van der Waals surface area contributed by atoms with Crippen molar-refractivity contribution < 1.29 is 19.0 Å². The molecule has 1 aliphatic rings. The third-order valence-corrected chi connectivity index (χ3v) is 3.40. The van der Waals surface area contributed by atoms with E-state index in [4.69, 9.17) is 13.9 Å². The van der Waals surface area contributed by atoms with Gasteiger partial charge in [-0.05, 0) is 36.4 Å². The van der Waals surface area contributed by atoms with Crippen molar-refractivity contribution in [3.63, 3.8) is 0 Å². The van der Waals surface area contributed by atoms with Gasteiger partial charge >= 0.3 is 0 Å². The van der Waals surface area contributed by atoms with Crippen LogP contribution in [0.1, 0.15) is 5.89 Å². The van der Waals surface area contributed by atoms with Crippen molar-refractivity contribution in [3.05, 3.63) is 48.4 Å². The Kier molecular flexibility index (Phi) is 3.23. The van der Waals surface area contributed by atoms with E-state index < -0.39 is 0 Å². The lowest BCUT2D eigenvalue weighted by Gasteiger charge is -2.04. The van der Waals surface area contributed by atoms with E-state index in [0.29, 0.717) is 24.1 Å². The summed E-state index contributed by atoms with van der Waals surface area (Å²) in [6.45, 7) is 0.642. The molecule has 0 amide bonds. The summed E-state index contributed by atoms with van der Waals surface area (Å²) in [6, 6.07) is 12.2. The molecule has 0 spiro atoms. The molecule has 4 rings (SSSR count). The van der Waals surface area contributed by atoms with Gasteiger partial charge in [0, 0.05) is 17.3 Å². The number of ether oxygens (including phenoxy) is 2. The van der Waals surface area contributed by atoms with Gasteiger partial charge in [0.2, 0.25) is 18.6 Å². The lowest BCUT2D eigenvalue weighted by molar-refractivity contribution is 0.174. The standard InChI is InChI=1S/C16H13N3O4/c20-12-4-1-10(2-5-12)16-19-18-15(23-16)8-17-11-3-6-13-14(7-11)22-9-21-13/h1-7,17,20H,8-9H2. The Morgan fingerprint density at radius 2 is 1.83 bits per heavy atom. The number of benzene rings is 2. The number of nitrogens with one attached hydrogen (secondary N) is 1.